The molecule has 3 nitrogen and oxygen atoms in total. The number of hydrogen-bond donors (Lipinski definition) is 0. The van der Waals surface area contributed by atoms with Gasteiger partial charge in [0, 0.05) is 24.3 Å². The van der Waals surface area contributed by atoms with Crippen LogP contribution in [-0.2, 0) is 6.18 Å². The molecular formula is C11H4ClF5N2O. The maximum absolute atomic E-state index is 12.9. The van der Waals surface area contributed by atoms with E-state index in [1.165, 1.54) is 0 Å². The Morgan fingerprint density at radius 1 is 0.950 bits per heavy atom. The summed E-state index contributed by atoms with van der Waals surface area (Å²) in [4.78, 5) is 6.37. The minimum atomic E-state index is -4.75. The SMILES string of the molecule is Fc1cc(F)cc(Oc2cc(C(F)(F)F)nc(Cl)n2)c1. The molecule has 0 amide bonds. The molecule has 20 heavy (non-hydrogen) atoms. The van der Waals surface area contributed by atoms with Gasteiger partial charge in [0.2, 0.25) is 11.2 Å². The van der Waals surface area contributed by atoms with Crippen molar-refractivity contribution in [3.8, 4) is 11.6 Å². The fraction of sp³-hybridized carbons (Fsp3) is 0.0909. The van der Waals surface area contributed by atoms with Crippen molar-refractivity contribution in [2.75, 3.05) is 0 Å². The molecule has 106 valence electrons. The van der Waals surface area contributed by atoms with Crippen molar-refractivity contribution in [2.24, 2.45) is 0 Å². The summed E-state index contributed by atoms with van der Waals surface area (Å²) < 4.78 is 68.2. The highest BCUT2D eigenvalue weighted by Gasteiger charge is 2.34. The maximum atomic E-state index is 12.9. The average Bonchev–Trinajstić information content (AvgIpc) is 2.25. The van der Waals surface area contributed by atoms with Crippen molar-refractivity contribution in [1.29, 1.82) is 0 Å². The Labute approximate surface area is 114 Å². The van der Waals surface area contributed by atoms with E-state index >= 15 is 0 Å². The zero-order valence-corrected chi connectivity index (χ0v) is 10.1. The van der Waals surface area contributed by atoms with Crippen LogP contribution in [0, 0.1) is 11.6 Å². The highest BCUT2D eigenvalue weighted by atomic mass is 35.5. The molecular weight excluding hydrogens is 307 g/mol. The number of benzene rings is 1. The lowest BCUT2D eigenvalue weighted by molar-refractivity contribution is -0.141. The van der Waals surface area contributed by atoms with E-state index in [0.29, 0.717) is 12.1 Å². The zero-order chi connectivity index (χ0) is 14.9. The molecule has 0 aliphatic heterocycles. The predicted octanol–water partition coefficient (Wildman–Crippen LogP) is 4.22. The second-order valence-electron chi connectivity index (χ2n) is 3.57. The van der Waals surface area contributed by atoms with E-state index in [1.807, 2.05) is 0 Å². The fourth-order valence-corrected chi connectivity index (χ4v) is 1.48. The number of ether oxygens (including phenoxy) is 1. The van der Waals surface area contributed by atoms with Gasteiger partial charge in [-0.25, -0.2) is 13.8 Å². The van der Waals surface area contributed by atoms with E-state index in [2.05, 4.69) is 9.97 Å². The first-order valence-corrected chi connectivity index (χ1v) is 5.37. The summed E-state index contributed by atoms with van der Waals surface area (Å²) in [5.74, 6) is -2.83. The van der Waals surface area contributed by atoms with E-state index in [9.17, 15) is 22.0 Å². The first-order chi connectivity index (χ1) is 9.24. The smallest absolute Gasteiger partial charge is 0.433 e. The van der Waals surface area contributed by atoms with Crippen LogP contribution < -0.4 is 4.74 Å². The maximum Gasteiger partial charge on any atom is 0.433 e. The van der Waals surface area contributed by atoms with Crippen molar-refractivity contribution < 1.29 is 26.7 Å². The van der Waals surface area contributed by atoms with Crippen molar-refractivity contribution >= 4 is 11.6 Å². The van der Waals surface area contributed by atoms with Crippen LogP contribution in [0.25, 0.3) is 0 Å². The average molecular weight is 311 g/mol. The molecule has 0 spiro atoms. The van der Waals surface area contributed by atoms with Gasteiger partial charge < -0.3 is 4.74 Å². The standard InChI is InChI=1S/C11H4ClF5N2O/c12-10-18-8(11(15,16)17)4-9(19-10)20-7-2-5(13)1-6(14)3-7/h1-4H. The van der Waals surface area contributed by atoms with Crippen molar-refractivity contribution in [2.45, 2.75) is 6.18 Å². The second kappa shape index (κ2) is 5.20. The molecule has 0 fully saturated rings. The van der Waals surface area contributed by atoms with Crippen molar-refractivity contribution in [3.05, 3.63) is 46.9 Å². The minimum absolute atomic E-state index is 0.356. The molecule has 2 rings (SSSR count). The van der Waals surface area contributed by atoms with Crippen LogP contribution in [0.3, 0.4) is 0 Å². The fourth-order valence-electron chi connectivity index (χ4n) is 1.30. The number of rotatable bonds is 2. The van der Waals surface area contributed by atoms with Gasteiger partial charge in [-0.2, -0.15) is 18.2 Å². The normalized spacial score (nSPS) is 11.5. The van der Waals surface area contributed by atoms with Gasteiger partial charge in [-0.05, 0) is 11.6 Å². The largest absolute Gasteiger partial charge is 0.439 e. The summed E-state index contributed by atoms with van der Waals surface area (Å²) in [5.41, 5.74) is -1.33. The van der Waals surface area contributed by atoms with E-state index < -0.39 is 34.7 Å². The molecule has 1 aromatic carbocycles. The van der Waals surface area contributed by atoms with Crippen LogP contribution in [0.2, 0.25) is 5.28 Å². The Morgan fingerprint density at radius 2 is 1.55 bits per heavy atom. The number of aromatic nitrogens is 2. The van der Waals surface area contributed by atoms with Crippen molar-refractivity contribution in [3.63, 3.8) is 0 Å². The van der Waals surface area contributed by atoms with E-state index in [1.54, 1.807) is 0 Å². The molecule has 1 heterocycles. The van der Waals surface area contributed by atoms with Gasteiger partial charge in [-0.15, -0.1) is 0 Å². The predicted molar refractivity (Wildman–Crippen MR) is 58.5 cm³/mol. The molecule has 0 bridgehead atoms. The van der Waals surface area contributed by atoms with Crippen LogP contribution in [0.1, 0.15) is 5.69 Å². The molecule has 2 aromatic rings. The lowest BCUT2D eigenvalue weighted by Crippen LogP contribution is -2.09. The van der Waals surface area contributed by atoms with Gasteiger partial charge in [0.25, 0.3) is 0 Å². The Kier molecular flexibility index (Phi) is 3.76. The Balaban J connectivity index is 2.36. The number of alkyl halides is 3. The van der Waals surface area contributed by atoms with Crippen LogP contribution in [-0.4, -0.2) is 9.97 Å². The van der Waals surface area contributed by atoms with E-state index in [-0.39, 0.29) is 5.75 Å². The molecule has 0 N–H and O–H groups in total. The first kappa shape index (κ1) is 14.4. The molecule has 1 aromatic heterocycles. The van der Waals surface area contributed by atoms with E-state index in [0.717, 1.165) is 12.1 Å². The summed E-state index contributed by atoms with van der Waals surface area (Å²) in [7, 11) is 0. The molecule has 0 saturated heterocycles. The molecule has 0 atom stereocenters. The van der Waals surface area contributed by atoms with Crippen molar-refractivity contribution in [1.82, 2.24) is 9.97 Å². The lowest BCUT2D eigenvalue weighted by Gasteiger charge is -2.09. The molecule has 0 unspecified atom stereocenters. The molecule has 9 heteroatoms. The van der Waals surface area contributed by atoms with Crippen LogP contribution in [0.4, 0.5) is 22.0 Å². The third kappa shape index (κ3) is 3.53. The first-order valence-electron chi connectivity index (χ1n) is 5.00. The van der Waals surface area contributed by atoms with Gasteiger partial charge >= 0.3 is 6.18 Å². The minimum Gasteiger partial charge on any atom is -0.439 e. The summed E-state index contributed by atoms with van der Waals surface area (Å²) in [5, 5.41) is -0.702. The van der Waals surface area contributed by atoms with Gasteiger partial charge in [0.05, 0.1) is 0 Å². The van der Waals surface area contributed by atoms with Gasteiger partial charge in [0.15, 0.2) is 5.69 Å². The third-order valence-corrected chi connectivity index (χ3v) is 2.19. The summed E-state index contributed by atoms with van der Waals surface area (Å²) in [6.07, 6.45) is -4.75. The highest BCUT2D eigenvalue weighted by Crippen LogP contribution is 2.31. The molecule has 0 aliphatic carbocycles. The summed E-state index contributed by atoms with van der Waals surface area (Å²) >= 11 is 5.33. The quantitative estimate of drug-likeness (QED) is 0.615. The number of nitrogens with zero attached hydrogens (tertiary/aromatic N) is 2. The lowest BCUT2D eigenvalue weighted by atomic mass is 10.3. The highest BCUT2D eigenvalue weighted by molar-refractivity contribution is 6.28. The molecule has 0 saturated carbocycles. The zero-order valence-electron chi connectivity index (χ0n) is 9.38. The number of hydrogen-bond acceptors (Lipinski definition) is 3. The summed E-state index contributed by atoms with van der Waals surface area (Å²) in [6, 6.07) is 2.62. The Bertz CT molecular complexity index is 627. The van der Waals surface area contributed by atoms with Crippen LogP contribution >= 0.6 is 11.6 Å². The topological polar surface area (TPSA) is 35.0 Å². The third-order valence-electron chi connectivity index (χ3n) is 2.02. The van der Waals surface area contributed by atoms with Gasteiger partial charge in [-0.1, -0.05) is 0 Å². The Morgan fingerprint density at radius 3 is 2.10 bits per heavy atom. The van der Waals surface area contributed by atoms with Crippen LogP contribution in [0.5, 0.6) is 11.6 Å². The monoisotopic (exact) mass is 310 g/mol. The van der Waals surface area contributed by atoms with Gasteiger partial charge in [0.1, 0.15) is 17.4 Å². The number of halogens is 6. The van der Waals surface area contributed by atoms with E-state index in [4.69, 9.17) is 16.3 Å². The Hall–Kier alpha value is -1.96. The molecule has 0 radical (unpaired) electrons. The van der Waals surface area contributed by atoms with Crippen LogP contribution in [0.15, 0.2) is 24.3 Å². The summed E-state index contributed by atoms with van der Waals surface area (Å²) in [6.45, 7) is 0. The second-order valence-corrected chi connectivity index (χ2v) is 3.90. The van der Waals surface area contributed by atoms with Gasteiger partial charge in [-0.3, -0.25) is 0 Å². The molecule has 0 aliphatic rings.